The summed E-state index contributed by atoms with van der Waals surface area (Å²) in [4.78, 5) is 14.2. The Balaban J connectivity index is 1.86. The highest BCUT2D eigenvalue weighted by atomic mass is 32.1. The first-order valence-corrected chi connectivity index (χ1v) is 6.49. The van der Waals surface area contributed by atoms with Crippen molar-refractivity contribution in [1.29, 1.82) is 5.26 Å². The largest absolute Gasteiger partial charge is 0.333 e. The lowest BCUT2D eigenvalue weighted by atomic mass is 9.67. The van der Waals surface area contributed by atoms with Crippen molar-refractivity contribution in [2.45, 2.75) is 31.2 Å². The normalized spacial score (nSPS) is 21.1. The fourth-order valence-corrected chi connectivity index (χ4v) is 3.40. The molecule has 0 unspecified atom stereocenters. The van der Waals surface area contributed by atoms with E-state index in [4.69, 9.17) is 5.26 Å². The van der Waals surface area contributed by atoms with E-state index in [0.717, 1.165) is 25.8 Å². The zero-order valence-electron chi connectivity index (χ0n) is 8.90. The van der Waals surface area contributed by atoms with E-state index in [1.165, 1.54) is 17.8 Å². The molecule has 1 aromatic heterocycles. The molecule has 0 bridgehead atoms. The van der Waals surface area contributed by atoms with Crippen LogP contribution in [0.5, 0.6) is 0 Å². The second-order valence-corrected chi connectivity index (χ2v) is 5.34. The predicted octanol–water partition coefficient (Wildman–Crippen LogP) is 2.39. The van der Waals surface area contributed by atoms with E-state index in [0.29, 0.717) is 11.1 Å². The van der Waals surface area contributed by atoms with E-state index in [2.05, 4.69) is 6.07 Å². The smallest absolute Gasteiger partial charge is 0.256 e. The summed E-state index contributed by atoms with van der Waals surface area (Å²) >= 11 is 1.43. The standard InChI is InChI=1S/C12H12N2OS/c13-6-9-7-16-8-10(9)11(15)14-5-4-12(14)2-1-3-12/h7-8H,1-5H2. The fourth-order valence-electron chi connectivity index (χ4n) is 2.66. The number of likely N-dealkylation sites (tertiary alicyclic amines) is 1. The second kappa shape index (κ2) is 3.33. The molecule has 1 amide bonds. The predicted molar refractivity (Wildman–Crippen MR) is 61.3 cm³/mol. The molecular formula is C12H12N2OS. The Morgan fingerprint density at radius 1 is 1.44 bits per heavy atom. The average molecular weight is 232 g/mol. The number of carbonyl (C=O) groups is 1. The third-order valence-electron chi connectivity index (χ3n) is 3.92. The van der Waals surface area contributed by atoms with Crippen molar-refractivity contribution in [1.82, 2.24) is 4.90 Å². The molecule has 82 valence electrons. The molecule has 1 spiro atoms. The van der Waals surface area contributed by atoms with Crippen LogP contribution in [0.4, 0.5) is 0 Å². The lowest BCUT2D eigenvalue weighted by Crippen LogP contribution is -2.65. The summed E-state index contributed by atoms with van der Waals surface area (Å²) in [5.41, 5.74) is 1.29. The third-order valence-corrected chi connectivity index (χ3v) is 4.66. The number of amides is 1. The minimum absolute atomic E-state index is 0.0590. The number of nitriles is 1. The molecule has 2 aliphatic rings. The number of hydrogen-bond acceptors (Lipinski definition) is 3. The molecule has 16 heavy (non-hydrogen) atoms. The number of hydrogen-bond donors (Lipinski definition) is 0. The first-order valence-electron chi connectivity index (χ1n) is 5.55. The van der Waals surface area contributed by atoms with Gasteiger partial charge >= 0.3 is 0 Å². The van der Waals surface area contributed by atoms with Crippen LogP contribution in [-0.2, 0) is 0 Å². The van der Waals surface area contributed by atoms with Crippen LogP contribution < -0.4 is 0 Å². The number of rotatable bonds is 1. The fraction of sp³-hybridized carbons (Fsp3) is 0.500. The number of carbonyl (C=O) groups excluding carboxylic acids is 1. The van der Waals surface area contributed by atoms with Crippen LogP contribution in [0.3, 0.4) is 0 Å². The molecular weight excluding hydrogens is 220 g/mol. The van der Waals surface area contributed by atoms with E-state index in [1.807, 2.05) is 4.90 Å². The molecule has 3 nitrogen and oxygen atoms in total. The summed E-state index contributed by atoms with van der Waals surface area (Å²) in [5, 5.41) is 12.5. The minimum atomic E-state index is 0.0590. The summed E-state index contributed by atoms with van der Waals surface area (Å²) < 4.78 is 0. The van der Waals surface area contributed by atoms with Crippen molar-refractivity contribution in [3.8, 4) is 6.07 Å². The Bertz CT molecular complexity index is 476. The first-order chi connectivity index (χ1) is 7.77. The van der Waals surface area contributed by atoms with E-state index >= 15 is 0 Å². The molecule has 1 aliphatic carbocycles. The van der Waals surface area contributed by atoms with Gasteiger partial charge in [-0.3, -0.25) is 4.79 Å². The van der Waals surface area contributed by atoms with E-state index in [-0.39, 0.29) is 11.4 Å². The van der Waals surface area contributed by atoms with Crippen LogP contribution in [0.15, 0.2) is 10.8 Å². The molecule has 2 heterocycles. The maximum Gasteiger partial charge on any atom is 0.256 e. The van der Waals surface area contributed by atoms with Gasteiger partial charge in [-0.05, 0) is 25.7 Å². The maximum absolute atomic E-state index is 12.3. The quantitative estimate of drug-likeness (QED) is 0.746. The maximum atomic E-state index is 12.3. The summed E-state index contributed by atoms with van der Waals surface area (Å²) in [6.07, 6.45) is 4.67. The van der Waals surface area contributed by atoms with Gasteiger partial charge < -0.3 is 4.90 Å². The monoisotopic (exact) mass is 232 g/mol. The van der Waals surface area contributed by atoms with Crippen LogP contribution in [0.25, 0.3) is 0 Å². The highest BCUT2D eigenvalue weighted by Gasteiger charge is 2.51. The van der Waals surface area contributed by atoms with Crippen molar-refractivity contribution < 1.29 is 4.79 Å². The van der Waals surface area contributed by atoms with Crippen molar-refractivity contribution in [2.24, 2.45) is 0 Å². The van der Waals surface area contributed by atoms with Gasteiger partial charge in [0, 0.05) is 22.8 Å². The van der Waals surface area contributed by atoms with Gasteiger partial charge in [-0.2, -0.15) is 16.6 Å². The van der Waals surface area contributed by atoms with Gasteiger partial charge in [-0.15, -0.1) is 0 Å². The van der Waals surface area contributed by atoms with E-state index in [9.17, 15) is 4.79 Å². The summed E-state index contributed by atoms with van der Waals surface area (Å²) in [5.74, 6) is 0.0590. The van der Waals surface area contributed by atoms with Gasteiger partial charge in [0.25, 0.3) is 5.91 Å². The minimum Gasteiger partial charge on any atom is -0.333 e. The molecule has 1 aromatic rings. The van der Waals surface area contributed by atoms with Gasteiger partial charge in [0.05, 0.1) is 11.1 Å². The molecule has 1 saturated heterocycles. The molecule has 4 heteroatoms. The SMILES string of the molecule is N#Cc1cscc1C(=O)N1CCC12CCC2. The molecule has 3 rings (SSSR count). The van der Waals surface area contributed by atoms with Gasteiger partial charge in [-0.25, -0.2) is 0 Å². The molecule has 0 radical (unpaired) electrons. The third kappa shape index (κ3) is 1.15. The Labute approximate surface area is 98.3 Å². The van der Waals surface area contributed by atoms with Crippen LogP contribution in [0, 0.1) is 11.3 Å². The Morgan fingerprint density at radius 3 is 2.75 bits per heavy atom. The lowest BCUT2D eigenvalue weighted by molar-refractivity contribution is -0.0487. The average Bonchev–Trinajstić information content (AvgIpc) is 2.60. The first kappa shape index (κ1) is 9.86. The van der Waals surface area contributed by atoms with E-state index < -0.39 is 0 Å². The van der Waals surface area contributed by atoms with Crippen molar-refractivity contribution >= 4 is 17.2 Å². The number of thiophene rings is 1. The van der Waals surface area contributed by atoms with Crippen molar-refractivity contribution in [3.63, 3.8) is 0 Å². The van der Waals surface area contributed by atoms with E-state index in [1.54, 1.807) is 10.8 Å². The zero-order chi connectivity index (χ0) is 11.2. The van der Waals surface area contributed by atoms with Gasteiger partial charge in [0.15, 0.2) is 0 Å². The summed E-state index contributed by atoms with van der Waals surface area (Å²) in [6.45, 7) is 0.861. The van der Waals surface area contributed by atoms with Crippen LogP contribution in [0.1, 0.15) is 41.6 Å². The van der Waals surface area contributed by atoms with Crippen LogP contribution in [-0.4, -0.2) is 22.9 Å². The second-order valence-electron chi connectivity index (χ2n) is 4.60. The topological polar surface area (TPSA) is 44.1 Å². The zero-order valence-corrected chi connectivity index (χ0v) is 9.72. The molecule has 1 saturated carbocycles. The number of nitrogens with zero attached hydrogens (tertiary/aromatic N) is 2. The summed E-state index contributed by atoms with van der Waals surface area (Å²) in [6, 6.07) is 2.09. The van der Waals surface area contributed by atoms with Crippen molar-refractivity contribution in [2.75, 3.05) is 6.54 Å². The highest BCUT2D eigenvalue weighted by Crippen LogP contribution is 2.47. The Hall–Kier alpha value is -1.34. The van der Waals surface area contributed by atoms with Gasteiger partial charge in [0.2, 0.25) is 0 Å². The Morgan fingerprint density at radius 2 is 2.25 bits per heavy atom. The molecule has 0 N–H and O–H groups in total. The lowest BCUT2D eigenvalue weighted by Gasteiger charge is -2.58. The summed E-state index contributed by atoms with van der Waals surface area (Å²) in [7, 11) is 0. The Kier molecular flexibility index (Phi) is 2.05. The van der Waals surface area contributed by atoms with Crippen LogP contribution in [0.2, 0.25) is 0 Å². The van der Waals surface area contributed by atoms with Crippen LogP contribution >= 0.6 is 11.3 Å². The van der Waals surface area contributed by atoms with Crippen molar-refractivity contribution in [3.05, 3.63) is 21.9 Å². The van der Waals surface area contributed by atoms with Gasteiger partial charge in [0.1, 0.15) is 6.07 Å². The molecule has 0 atom stereocenters. The molecule has 1 aliphatic heterocycles. The highest BCUT2D eigenvalue weighted by molar-refractivity contribution is 7.08. The molecule has 0 aromatic carbocycles. The molecule has 2 fully saturated rings. The van der Waals surface area contributed by atoms with Gasteiger partial charge in [-0.1, -0.05) is 0 Å².